The molecular weight excluding hydrogens is 294 g/mol. The number of hydrogen-bond acceptors (Lipinski definition) is 2. The van der Waals surface area contributed by atoms with Crippen molar-refractivity contribution >= 4 is 33.8 Å². The van der Waals surface area contributed by atoms with Crippen LogP contribution in [-0.4, -0.2) is 12.2 Å². The van der Waals surface area contributed by atoms with Crippen LogP contribution in [0.15, 0.2) is 53.0 Å². The van der Waals surface area contributed by atoms with Gasteiger partial charge in [-0.2, -0.15) is 0 Å². The van der Waals surface area contributed by atoms with Crippen LogP contribution in [0, 0.1) is 0 Å². The maximum atomic E-state index is 12.0. The Balaban J connectivity index is 2.16. The van der Waals surface area contributed by atoms with Gasteiger partial charge in [0.2, 0.25) is 0 Å². The summed E-state index contributed by atoms with van der Waals surface area (Å²) in [5, 5.41) is 2.77. The normalized spacial score (nSPS) is 9.83. The van der Waals surface area contributed by atoms with Crippen molar-refractivity contribution in [3.05, 3.63) is 64.1 Å². The fourth-order valence-electron chi connectivity index (χ4n) is 1.49. The third kappa shape index (κ3) is 2.84. The molecule has 0 saturated heterocycles. The summed E-state index contributed by atoms with van der Waals surface area (Å²) in [6, 6.07) is 13.9. The molecule has 0 aliphatic rings. The van der Waals surface area contributed by atoms with Crippen LogP contribution in [0.25, 0.3) is 0 Å². The largest absolute Gasteiger partial charge is 0.322 e. The molecule has 0 aliphatic carbocycles. The molecule has 2 aromatic carbocycles. The van der Waals surface area contributed by atoms with Gasteiger partial charge in [-0.3, -0.25) is 9.59 Å². The quantitative estimate of drug-likeness (QED) is 0.882. The molecule has 1 amide bonds. The first-order chi connectivity index (χ1) is 8.70. The van der Waals surface area contributed by atoms with Crippen molar-refractivity contribution in [2.75, 3.05) is 5.32 Å². The minimum absolute atomic E-state index is 0.193. The maximum absolute atomic E-state index is 12.0. The Morgan fingerprint density at radius 2 is 1.72 bits per heavy atom. The molecule has 0 heterocycles. The first-order valence-corrected chi connectivity index (χ1v) is 6.11. The Morgan fingerprint density at radius 3 is 2.33 bits per heavy atom. The number of benzene rings is 2. The Bertz CT molecular complexity index is 579. The number of nitrogens with one attached hydrogen (secondary N) is 1. The zero-order valence-corrected chi connectivity index (χ0v) is 11.0. The minimum Gasteiger partial charge on any atom is -0.322 e. The van der Waals surface area contributed by atoms with Gasteiger partial charge in [0.25, 0.3) is 5.91 Å². The van der Waals surface area contributed by atoms with Gasteiger partial charge in [-0.1, -0.05) is 12.1 Å². The first-order valence-electron chi connectivity index (χ1n) is 5.32. The molecule has 2 rings (SSSR count). The van der Waals surface area contributed by atoms with Crippen LogP contribution in [0.5, 0.6) is 0 Å². The number of hydrogen-bond donors (Lipinski definition) is 1. The SMILES string of the molecule is O=Cc1ccc(NC(=O)c2ccccc2Br)cc1. The van der Waals surface area contributed by atoms with Crippen molar-refractivity contribution in [3.63, 3.8) is 0 Å². The van der Waals surface area contributed by atoms with E-state index in [0.29, 0.717) is 16.8 Å². The summed E-state index contributed by atoms with van der Waals surface area (Å²) in [7, 11) is 0. The molecular formula is C14H10BrNO2. The van der Waals surface area contributed by atoms with Crippen molar-refractivity contribution in [3.8, 4) is 0 Å². The van der Waals surface area contributed by atoms with E-state index in [0.717, 1.165) is 10.8 Å². The van der Waals surface area contributed by atoms with Crippen LogP contribution in [0.1, 0.15) is 20.7 Å². The average molecular weight is 304 g/mol. The van der Waals surface area contributed by atoms with Gasteiger partial charge < -0.3 is 5.32 Å². The standard InChI is InChI=1S/C14H10BrNO2/c15-13-4-2-1-3-12(13)14(18)16-11-7-5-10(9-17)6-8-11/h1-9H,(H,16,18). The van der Waals surface area contributed by atoms with Gasteiger partial charge in [0.1, 0.15) is 6.29 Å². The second-order valence-corrected chi connectivity index (χ2v) is 4.53. The van der Waals surface area contributed by atoms with Crippen molar-refractivity contribution in [1.29, 1.82) is 0 Å². The van der Waals surface area contributed by atoms with Gasteiger partial charge >= 0.3 is 0 Å². The third-order valence-electron chi connectivity index (χ3n) is 2.42. The molecule has 0 aliphatic heterocycles. The second-order valence-electron chi connectivity index (χ2n) is 3.67. The first kappa shape index (κ1) is 12.5. The number of carbonyl (C=O) groups is 2. The number of rotatable bonds is 3. The van der Waals surface area contributed by atoms with E-state index in [1.54, 1.807) is 36.4 Å². The van der Waals surface area contributed by atoms with Crippen LogP contribution >= 0.6 is 15.9 Å². The molecule has 4 heteroatoms. The van der Waals surface area contributed by atoms with Crippen LogP contribution in [-0.2, 0) is 0 Å². The van der Waals surface area contributed by atoms with Crippen molar-refractivity contribution in [2.24, 2.45) is 0 Å². The Kier molecular flexibility index (Phi) is 3.89. The molecule has 0 radical (unpaired) electrons. The highest BCUT2D eigenvalue weighted by Crippen LogP contribution is 2.18. The summed E-state index contributed by atoms with van der Waals surface area (Å²) in [6.45, 7) is 0. The predicted molar refractivity (Wildman–Crippen MR) is 73.9 cm³/mol. The van der Waals surface area contributed by atoms with E-state index in [1.165, 1.54) is 0 Å². The van der Waals surface area contributed by atoms with Gasteiger partial charge in [0.15, 0.2) is 0 Å². The van der Waals surface area contributed by atoms with Crippen LogP contribution < -0.4 is 5.32 Å². The Labute approximate surface area is 113 Å². The lowest BCUT2D eigenvalue weighted by molar-refractivity contribution is 0.102. The molecule has 0 fully saturated rings. The van der Waals surface area contributed by atoms with E-state index in [-0.39, 0.29) is 5.91 Å². The highest BCUT2D eigenvalue weighted by atomic mass is 79.9. The molecule has 90 valence electrons. The smallest absolute Gasteiger partial charge is 0.256 e. The summed E-state index contributed by atoms with van der Waals surface area (Å²) in [5.74, 6) is -0.193. The Hall–Kier alpha value is -1.94. The van der Waals surface area contributed by atoms with E-state index < -0.39 is 0 Å². The minimum atomic E-state index is -0.193. The third-order valence-corrected chi connectivity index (χ3v) is 3.11. The van der Waals surface area contributed by atoms with Gasteiger partial charge in [0, 0.05) is 15.7 Å². The predicted octanol–water partition coefficient (Wildman–Crippen LogP) is 3.51. The number of carbonyl (C=O) groups excluding carboxylic acids is 2. The van der Waals surface area contributed by atoms with E-state index in [1.807, 2.05) is 12.1 Å². The summed E-state index contributed by atoms with van der Waals surface area (Å²) < 4.78 is 0.743. The summed E-state index contributed by atoms with van der Waals surface area (Å²) in [5.41, 5.74) is 1.80. The molecule has 1 N–H and O–H groups in total. The zero-order chi connectivity index (χ0) is 13.0. The second kappa shape index (κ2) is 5.60. The van der Waals surface area contributed by atoms with Gasteiger partial charge in [-0.05, 0) is 52.3 Å². The molecule has 0 unspecified atom stereocenters. The van der Waals surface area contributed by atoms with Crippen molar-refractivity contribution < 1.29 is 9.59 Å². The number of anilines is 1. The van der Waals surface area contributed by atoms with Crippen molar-refractivity contribution in [2.45, 2.75) is 0 Å². The van der Waals surface area contributed by atoms with Crippen LogP contribution in [0.4, 0.5) is 5.69 Å². The van der Waals surface area contributed by atoms with E-state index in [4.69, 9.17) is 0 Å². The van der Waals surface area contributed by atoms with Gasteiger partial charge in [-0.15, -0.1) is 0 Å². The molecule has 18 heavy (non-hydrogen) atoms. The van der Waals surface area contributed by atoms with Crippen molar-refractivity contribution in [1.82, 2.24) is 0 Å². The zero-order valence-electron chi connectivity index (χ0n) is 9.39. The highest BCUT2D eigenvalue weighted by Gasteiger charge is 2.08. The lowest BCUT2D eigenvalue weighted by atomic mass is 10.2. The fourth-order valence-corrected chi connectivity index (χ4v) is 1.95. The lowest BCUT2D eigenvalue weighted by Gasteiger charge is -2.06. The summed E-state index contributed by atoms with van der Waals surface area (Å²) >= 11 is 3.33. The molecule has 0 bridgehead atoms. The molecule has 0 atom stereocenters. The number of aldehydes is 1. The number of halogens is 1. The monoisotopic (exact) mass is 303 g/mol. The maximum Gasteiger partial charge on any atom is 0.256 e. The van der Waals surface area contributed by atoms with Crippen LogP contribution in [0.3, 0.4) is 0 Å². The lowest BCUT2D eigenvalue weighted by Crippen LogP contribution is -2.12. The highest BCUT2D eigenvalue weighted by molar-refractivity contribution is 9.10. The molecule has 0 saturated carbocycles. The molecule has 2 aromatic rings. The Morgan fingerprint density at radius 1 is 1.06 bits per heavy atom. The number of amides is 1. The summed E-state index contributed by atoms with van der Waals surface area (Å²) in [6.07, 6.45) is 0.763. The fraction of sp³-hybridized carbons (Fsp3) is 0. The summed E-state index contributed by atoms with van der Waals surface area (Å²) in [4.78, 5) is 22.5. The average Bonchev–Trinajstić information content (AvgIpc) is 2.40. The molecule has 0 aromatic heterocycles. The van der Waals surface area contributed by atoms with Gasteiger partial charge in [-0.25, -0.2) is 0 Å². The van der Waals surface area contributed by atoms with E-state index >= 15 is 0 Å². The van der Waals surface area contributed by atoms with Crippen LogP contribution in [0.2, 0.25) is 0 Å². The molecule has 0 spiro atoms. The topological polar surface area (TPSA) is 46.2 Å². The van der Waals surface area contributed by atoms with E-state index in [2.05, 4.69) is 21.2 Å². The molecule has 3 nitrogen and oxygen atoms in total. The van der Waals surface area contributed by atoms with Gasteiger partial charge in [0.05, 0.1) is 5.56 Å². The van der Waals surface area contributed by atoms with E-state index in [9.17, 15) is 9.59 Å².